The van der Waals surface area contributed by atoms with Crippen LogP contribution in [-0.2, 0) is 6.54 Å². The Balaban J connectivity index is 1.43. The standard InChI is InChI=1S/C23H25N2O2/c1-3-24-18-12-8-10-14-20(18)26-22(24)16-6-5-7-17-23-25(4-2)19-13-9-11-15-21(19)27-23/h5-16,23H,3-4,17H2,1-2H3/q+1/b7-5+,16-6+. The van der Waals surface area contributed by atoms with Crippen molar-refractivity contribution in [2.24, 2.45) is 0 Å². The summed E-state index contributed by atoms with van der Waals surface area (Å²) in [4.78, 5) is 2.30. The highest BCUT2D eigenvalue weighted by Crippen LogP contribution is 2.37. The van der Waals surface area contributed by atoms with E-state index in [1.807, 2.05) is 42.5 Å². The second-order valence-corrected chi connectivity index (χ2v) is 6.50. The molecule has 1 aromatic heterocycles. The lowest BCUT2D eigenvalue weighted by Gasteiger charge is -2.22. The van der Waals surface area contributed by atoms with Gasteiger partial charge in [-0.15, -0.1) is 0 Å². The summed E-state index contributed by atoms with van der Waals surface area (Å²) in [7, 11) is 0. The smallest absolute Gasteiger partial charge is 0.374 e. The van der Waals surface area contributed by atoms with E-state index in [1.165, 1.54) is 5.69 Å². The van der Waals surface area contributed by atoms with Gasteiger partial charge in [-0.1, -0.05) is 42.5 Å². The number of anilines is 1. The van der Waals surface area contributed by atoms with Crippen LogP contribution in [0.2, 0.25) is 0 Å². The number of oxazole rings is 1. The number of hydrogen-bond donors (Lipinski definition) is 0. The average molecular weight is 361 g/mol. The zero-order valence-corrected chi connectivity index (χ0v) is 15.8. The molecule has 0 saturated carbocycles. The molecular formula is C23H25N2O2+. The van der Waals surface area contributed by atoms with Crippen molar-refractivity contribution in [3.63, 3.8) is 0 Å². The van der Waals surface area contributed by atoms with E-state index in [0.29, 0.717) is 0 Å². The molecule has 4 rings (SSSR count). The van der Waals surface area contributed by atoms with Gasteiger partial charge in [-0.2, -0.15) is 4.57 Å². The Morgan fingerprint density at radius 3 is 2.70 bits per heavy atom. The lowest BCUT2D eigenvalue weighted by Crippen LogP contribution is -2.33. The third kappa shape index (κ3) is 3.35. The molecule has 2 aromatic carbocycles. The van der Waals surface area contributed by atoms with E-state index in [4.69, 9.17) is 9.15 Å². The van der Waals surface area contributed by atoms with Gasteiger partial charge < -0.3 is 14.1 Å². The summed E-state index contributed by atoms with van der Waals surface area (Å²) in [5, 5.41) is 0. The molecule has 1 atom stereocenters. The molecule has 0 amide bonds. The molecule has 0 saturated heterocycles. The van der Waals surface area contributed by atoms with Crippen LogP contribution in [-0.4, -0.2) is 12.8 Å². The van der Waals surface area contributed by atoms with Crippen molar-refractivity contribution < 1.29 is 13.7 Å². The SMILES string of the molecule is CCN1c2ccccc2OC1C/C=C/C=C/c1oc2ccccc2[n+]1CC. The van der Waals surface area contributed by atoms with E-state index < -0.39 is 0 Å². The van der Waals surface area contributed by atoms with Crippen LogP contribution in [0.4, 0.5) is 5.69 Å². The molecule has 0 radical (unpaired) electrons. The molecule has 4 heteroatoms. The molecule has 2 heterocycles. The highest BCUT2D eigenvalue weighted by atomic mass is 16.5. The fourth-order valence-corrected chi connectivity index (χ4v) is 3.62. The summed E-state index contributed by atoms with van der Waals surface area (Å²) in [5.74, 6) is 1.84. The Morgan fingerprint density at radius 1 is 1.04 bits per heavy atom. The third-order valence-corrected chi connectivity index (χ3v) is 4.90. The van der Waals surface area contributed by atoms with Gasteiger partial charge in [0.15, 0.2) is 6.23 Å². The van der Waals surface area contributed by atoms with Crippen LogP contribution in [0.25, 0.3) is 17.2 Å². The predicted molar refractivity (Wildman–Crippen MR) is 109 cm³/mol. The van der Waals surface area contributed by atoms with Gasteiger partial charge in [0.25, 0.3) is 5.52 Å². The summed E-state index contributed by atoms with van der Waals surface area (Å²) in [6.45, 7) is 6.09. The number of benzene rings is 2. The Morgan fingerprint density at radius 2 is 1.85 bits per heavy atom. The van der Waals surface area contributed by atoms with E-state index in [9.17, 15) is 0 Å². The number of para-hydroxylation sites is 4. The first kappa shape index (κ1) is 17.4. The van der Waals surface area contributed by atoms with E-state index in [2.05, 4.69) is 53.7 Å². The van der Waals surface area contributed by atoms with E-state index >= 15 is 0 Å². The molecule has 1 unspecified atom stereocenters. The molecule has 0 aliphatic carbocycles. The maximum Gasteiger partial charge on any atom is 0.374 e. The largest absolute Gasteiger partial charge is 0.468 e. The second-order valence-electron chi connectivity index (χ2n) is 6.50. The Bertz CT molecular complexity index is 987. The van der Waals surface area contributed by atoms with Gasteiger partial charge in [-0.05, 0) is 32.0 Å². The topological polar surface area (TPSA) is 29.5 Å². The quantitative estimate of drug-likeness (QED) is 0.460. The lowest BCUT2D eigenvalue weighted by atomic mass is 10.2. The number of hydrogen-bond acceptors (Lipinski definition) is 3. The highest BCUT2D eigenvalue weighted by Gasteiger charge is 2.28. The molecule has 0 fully saturated rings. The molecule has 27 heavy (non-hydrogen) atoms. The second kappa shape index (κ2) is 7.70. The Hall–Kier alpha value is -3.01. The minimum atomic E-state index is 0.0591. The summed E-state index contributed by atoms with van der Waals surface area (Å²) in [5.41, 5.74) is 3.22. The molecule has 1 aliphatic rings. The van der Waals surface area contributed by atoms with Gasteiger partial charge in [-0.25, -0.2) is 0 Å². The minimum Gasteiger partial charge on any atom is -0.468 e. The maximum absolute atomic E-state index is 6.08. The molecule has 138 valence electrons. The number of nitrogens with zero attached hydrogens (tertiary/aromatic N) is 2. The Kier molecular flexibility index (Phi) is 4.97. The van der Waals surface area contributed by atoms with Gasteiger partial charge in [0, 0.05) is 19.0 Å². The number of fused-ring (bicyclic) bond motifs is 2. The van der Waals surface area contributed by atoms with Crippen LogP contribution in [0.3, 0.4) is 0 Å². The van der Waals surface area contributed by atoms with E-state index in [-0.39, 0.29) is 6.23 Å². The van der Waals surface area contributed by atoms with Crippen molar-refractivity contribution in [1.82, 2.24) is 0 Å². The van der Waals surface area contributed by atoms with Gasteiger partial charge in [0.1, 0.15) is 12.3 Å². The first-order chi connectivity index (χ1) is 13.3. The molecular weight excluding hydrogens is 336 g/mol. The zero-order chi connectivity index (χ0) is 18.6. The van der Waals surface area contributed by atoms with Crippen LogP contribution in [0.1, 0.15) is 26.2 Å². The summed E-state index contributed by atoms with van der Waals surface area (Å²) < 4.78 is 14.2. The number of aromatic nitrogens is 1. The van der Waals surface area contributed by atoms with Crippen molar-refractivity contribution >= 4 is 22.9 Å². The fourth-order valence-electron chi connectivity index (χ4n) is 3.62. The predicted octanol–water partition coefficient (Wildman–Crippen LogP) is 4.94. The zero-order valence-electron chi connectivity index (χ0n) is 15.8. The van der Waals surface area contributed by atoms with E-state index in [0.717, 1.165) is 42.3 Å². The summed E-state index contributed by atoms with van der Waals surface area (Å²) in [6.07, 6.45) is 9.15. The first-order valence-corrected chi connectivity index (χ1v) is 9.58. The third-order valence-electron chi connectivity index (χ3n) is 4.90. The van der Waals surface area contributed by atoms with Gasteiger partial charge >= 0.3 is 5.89 Å². The maximum atomic E-state index is 6.08. The average Bonchev–Trinajstić information content (AvgIpc) is 3.24. The molecule has 0 spiro atoms. The minimum absolute atomic E-state index is 0.0591. The lowest BCUT2D eigenvalue weighted by molar-refractivity contribution is -0.674. The first-order valence-electron chi connectivity index (χ1n) is 9.58. The number of allylic oxidation sites excluding steroid dienone is 2. The summed E-state index contributed by atoms with van der Waals surface area (Å²) in [6, 6.07) is 16.4. The van der Waals surface area contributed by atoms with Crippen LogP contribution < -0.4 is 14.2 Å². The van der Waals surface area contributed by atoms with Crippen LogP contribution in [0, 0.1) is 0 Å². The number of ether oxygens (including phenoxy) is 1. The Labute approximate surface area is 160 Å². The highest BCUT2D eigenvalue weighted by molar-refractivity contribution is 5.69. The van der Waals surface area contributed by atoms with Crippen molar-refractivity contribution in [1.29, 1.82) is 0 Å². The van der Waals surface area contributed by atoms with Crippen molar-refractivity contribution in [2.75, 3.05) is 11.4 Å². The monoisotopic (exact) mass is 361 g/mol. The van der Waals surface area contributed by atoms with Gasteiger partial charge in [-0.3, -0.25) is 0 Å². The molecule has 0 bridgehead atoms. The van der Waals surface area contributed by atoms with E-state index in [1.54, 1.807) is 0 Å². The molecule has 0 N–H and O–H groups in total. The van der Waals surface area contributed by atoms with Crippen molar-refractivity contribution in [3.8, 4) is 5.75 Å². The van der Waals surface area contributed by atoms with Crippen molar-refractivity contribution in [3.05, 3.63) is 72.6 Å². The molecule has 1 aliphatic heterocycles. The van der Waals surface area contributed by atoms with Crippen LogP contribution in [0.15, 0.2) is 71.2 Å². The summed E-state index contributed by atoms with van der Waals surface area (Å²) >= 11 is 0. The van der Waals surface area contributed by atoms with Crippen molar-refractivity contribution in [2.45, 2.75) is 33.0 Å². The van der Waals surface area contributed by atoms with Gasteiger partial charge in [0.2, 0.25) is 5.58 Å². The molecule has 4 nitrogen and oxygen atoms in total. The normalized spacial score (nSPS) is 16.5. The molecule has 3 aromatic rings. The van der Waals surface area contributed by atoms with Crippen LogP contribution >= 0.6 is 0 Å². The van der Waals surface area contributed by atoms with Crippen LogP contribution in [0.5, 0.6) is 5.75 Å². The van der Waals surface area contributed by atoms with Gasteiger partial charge in [0.05, 0.1) is 11.8 Å². The fraction of sp³-hybridized carbons (Fsp3) is 0.261. The number of rotatable bonds is 6. The number of aryl methyl sites for hydroxylation is 1.